The Labute approximate surface area is 165 Å². The molecular weight excluding hydrogens is 387 g/mol. The molecule has 2 N–H and O–H groups in total. The van der Waals surface area contributed by atoms with E-state index in [1.54, 1.807) is 29.2 Å². The van der Waals surface area contributed by atoms with Crippen LogP contribution in [0.25, 0.3) is 0 Å². The molecule has 0 bridgehead atoms. The van der Waals surface area contributed by atoms with Gasteiger partial charge in [-0.15, -0.1) is 0 Å². The van der Waals surface area contributed by atoms with E-state index in [0.29, 0.717) is 49.9 Å². The van der Waals surface area contributed by atoms with Crippen molar-refractivity contribution in [1.82, 2.24) is 5.32 Å². The van der Waals surface area contributed by atoms with Crippen molar-refractivity contribution in [3.05, 3.63) is 48.0 Å². The van der Waals surface area contributed by atoms with E-state index in [1.165, 1.54) is 12.1 Å². The Balaban J connectivity index is 1.36. The molecule has 2 amide bonds. The smallest absolute Gasteiger partial charge is 0.418 e. The third kappa shape index (κ3) is 4.33. The first-order valence-electron chi connectivity index (χ1n) is 9.28. The lowest BCUT2D eigenvalue weighted by atomic mass is 10.1. The highest BCUT2D eigenvalue weighted by atomic mass is 19.4. The number of hydrogen-bond donors (Lipinski definition) is 2. The van der Waals surface area contributed by atoms with Gasteiger partial charge < -0.3 is 25.0 Å². The molecule has 1 fully saturated rings. The van der Waals surface area contributed by atoms with Crippen molar-refractivity contribution in [1.29, 1.82) is 0 Å². The number of carbonyl (C=O) groups is 1. The number of hydrogen-bond acceptors (Lipinski definition) is 4. The van der Waals surface area contributed by atoms with E-state index in [9.17, 15) is 18.0 Å². The summed E-state index contributed by atoms with van der Waals surface area (Å²) in [7, 11) is 0. The molecule has 1 unspecified atom stereocenters. The van der Waals surface area contributed by atoms with Crippen LogP contribution in [0.1, 0.15) is 12.0 Å². The van der Waals surface area contributed by atoms with Gasteiger partial charge in [0.2, 0.25) is 0 Å². The topological polar surface area (TPSA) is 62.8 Å². The molecule has 2 aromatic rings. The third-order valence-corrected chi connectivity index (χ3v) is 4.87. The molecule has 2 heterocycles. The molecule has 2 aliphatic rings. The van der Waals surface area contributed by atoms with Gasteiger partial charge in [-0.05, 0) is 30.7 Å². The van der Waals surface area contributed by atoms with Gasteiger partial charge in [0.1, 0.15) is 13.2 Å². The second-order valence-electron chi connectivity index (χ2n) is 6.90. The zero-order valence-corrected chi connectivity index (χ0v) is 15.5. The number of fused-ring (bicyclic) bond motifs is 1. The summed E-state index contributed by atoms with van der Waals surface area (Å²) in [5.41, 5.74) is 0.0157. The van der Waals surface area contributed by atoms with Crippen molar-refractivity contribution in [2.45, 2.75) is 18.6 Å². The number of carbonyl (C=O) groups excluding carboxylic acids is 1. The van der Waals surface area contributed by atoms with Crippen LogP contribution in [-0.2, 0) is 6.18 Å². The summed E-state index contributed by atoms with van der Waals surface area (Å²) in [6, 6.07) is 9.91. The molecule has 2 aromatic carbocycles. The van der Waals surface area contributed by atoms with Crippen LogP contribution >= 0.6 is 0 Å². The summed E-state index contributed by atoms with van der Waals surface area (Å²) in [5, 5.41) is 5.55. The zero-order valence-electron chi connectivity index (χ0n) is 15.5. The number of nitrogens with zero attached hydrogens (tertiary/aromatic N) is 1. The van der Waals surface area contributed by atoms with Gasteiger partial charge in [-0.2, -0.15) is 13.2 Å². The second kappa shape index (κ2) is 7.73. The lowest BCUT2D eigenvalue weighted by molar-refractivity contribution is -0.137. The summed E-state index contributed by atoms with van der Waals surface area (Å²) in [4.78, 5) is 14.0. The van der Waals surface area contributed by atoms with E-state index in [1.807, 2.05) is 0 Å². The Morgan fingerprint density at radius 2 is 1.83 bits per heavy atom. The molecule has 6 nitrogen and oxygen atoms in total. The molecule has 1 saturated heterocycles. The van der Waals surface area contributed by atoms with Gasteiger partial charge in [0, 0.05) is 36.6 Å². The average molecular weight is 407 g/mol. The molecule has 1 atom stereocenters. The first kappa shape index (κ1) is 19.2. The highest BCUT2D eigenvalue weighted by Crippen LogP contribution is 2.37. The molecule has 29 heavy (non-hydrogen) atoms. The number of rotatable bonds is 3. The summed E-state index contributed by atoms with van der Waals surface area (Å²) in [6.45, 7) is 1.67. The Morgan fingerprint density at radius 3 is 2.62 bits per heavy atom. The predicted octanol–water partition coefficient (Wildman–Crippen LogP) is 3.88. The zero-order chi connectivity index (χ0) is 20.4. The van der Waals surface area contributed by atoms with Crippen LogP contribution in [-0.4, -0.2) is 38.4 Å². The van der Waals surface area contributed by atoms with Gasteiger partial charge in [0.25, 0.3) is 0 Å². The fraction of sp³-hybridized carbons (Fsp3) is 0.350. The van der Waals surface area contributed by atoms with Gasteiger partial charge in [-0.25, -0.2) is 4.79 Å². The average Bonchev–Trinajstić information content (AvgIpc) is 3.15. The number of anilines is 2. The summed E-state index contributed by atoms with van der Waals surface area (Å²) >= 11 is 0. The number of amides is 2. The highest BCUT2D eigenvalue weighted by molar-refractivity contribution is 5.90. The predicted molar refractivity (Wildman–Crippen MR) is 102 cm³/mol. The largest absolute Gasteiger partial charge is 0.486 e. The molecule has 4 rings (SSSR count). The molecule has 9 heteroatoms. The van der Waals surface area contributed by atoms with Crippen molar-refractivity contribution in [2.75, 3.05) is 36.5 Å². The van der Waals surface area contributed by atoms with Crippen molar-refractivity contribution in [3.63, 3.8) is 0 Å². The number of urea groups is 1. The van der Waals surface area contributed by atoms with Crippen LogP contribution in [0.4, 0.5) is 29.3 Å². The van der Waals surface area contributed by atoms with Gasteiger partial charge in [0.15, 0.2) is 11.5 Å². The molecule has 0 saturated carbocycles. The molecule has 154 valence electrons. The normalized spacial score (nSPS) is 18.4. The minimum atomic E-state index is -4.42. The van der Waals surface area contributed by atoms with Crippen molar-refractivity contribution >= 4 is 17.4 Å². The fourth-order valence-electron chi connectivity index (χ4n) is 3.56. The molecule has 0 radical (unpaired) electrons. The summed E-state index contributed by atoms with van der Waals surface area (Å²) in [5.74, 6) is 1.18. The van der Waals surface area contributed by atoms with Gasteiger partial charge in [0.05, 0.1) is 5.56 Å². The Bertz CT molecular complexity index is 904. The van der Waals surface area contributed by atoms with Crippen molar-refractivity contribution in [2.24, 2.45) is 0 Å². The van der Waals surface area contributed by atoms with E-state index in [2.05, 4.69) is 10.6 Å². The number of halogens is 3. The standard InChI is InChI=1S/C20H20F3N3O3/c21-20(22,23)15-3-1-2-4-16(15)26-8-7-14(12-26)25-19(27)24-13-5-6-17-18(11-13)29-10-9-28-17/h1-6,11,14H,7-10,12H2,(H2,24,25,27). The monoisotopic (exact) mass is 407 g/mol. The minimum Gasteiger partial charge on any atom is -0.486 e. The molecule has 0 aromatic heterocycles. The van der Waals surface area contributed by atoms with E-state index >= 15 is 0 Å². The maximum atomic E-state index is 13.2. The van der Waals surface area contributed by atoms with Crippen LogP contribution in [0.2, 0.25) is 0 Å². The van der Waals surface area contributed by atoms with E-state index in [0.717, 1.165) is 6.07 Å². The number of para-hydroxylation sites is 1. The molecule has 2 aliphatic heterocycles. The highest BCUT2D eigenvalue weighted by Gasteiger charge is 2.36. The first-order valence-corrected chi connectivity index (χ1v) is 9.28. The number of benzene rings is 2. The molecule has 0 aliphatic carbocycles. The Morgan fingerprint density at radius 1 is 1.07 bits per heavy atom. The maximum absolute atomic E-state index is 13.2. The number of ether oxygens (including phenoxy) is 2. The lowest BCUT2D eigenvalue weighted by Gasteiger charge is -2.23. The van der Waals surface area contributed by atoms with Gasteiger partial charge in [-0.3, -0.25) is 0 Å². The second-order valence-corrected chi connectivity index (χ2v) is 6.90. The van der Waals surface area contributed by atoms with Crippen LogP contribution in [0.3, 0.4) is 0 Å². The van der Waals surface area contributed by atoms with E-state index in [4.69, 9.17) is 9.47 Å². The quantitative estimate of drug-likeness (QED) is 0.811. The van der Waals surface area contributed by atoms with E-state index < -0.39 is 17.8 Å². The van der Waals surface area contributed by atoms with Gasteiger partial charge in [-0.1, -0.05) is 12.1 Å². The number of alkyl halides is 3. The molecule has 0 spiro atoms. The lowest BCUT2D eigenvalue weighted by Crippen LogP contribution is -2.39. The van der Waals surface area contributed by atoms with Crippen molar-refractivity contribution in [3.8, 4) is 11.5 Å². The van der Waals surface area contributed by atoms with Crippen molar-refractivity contribution < 1.29 is 27.4 Å². The minimum absolute atomic E-state index is 0.136. The van der Waals surface area contributed by atoms with Crippen LogP contribution in [0, 0.1) is 0 Å². The van der Waals surface area contributed by atoms with Crippen LogP contribution in [0.15, 0.2) is 42.5 Å². The fourth-order valence-corrected chi connectivity index (χ4v) is 3.56. The molecular formula is C20H20F3N3O3. The van der Waals surface area contributed by atoms with Crippen LogP contribution in [0.5, 0.6) is 11.5 Å². The van der Waals surface area contributed by atoms with Gasteiger partial charge >= 0.3 is 12.2 Å². The summed E-state index contributed by atoms with van der Waals surface area (Å²) in [6.07, 6.45) is -3.86. The number of nitrogens with one attached hydrogen (secondary N) is 2. The maximum Gasteiger partial charge on any atom is 0.418 e. The first-order chi connectivity index (χ1) is 13.9. The third-order valence-electron chi connectivity index (χ3n) is 4.87. The Kier molecular flexibility index (Phi) is 5.12. The summed E-state index contributed by atoms with van der Waals surface area (Å²) < 4.78 is 50.7. The Hall–Kier alpha value is -3.10. The van der Waals surface area contributed by atoms with Crippen LogP contribution < -0.4 is 25.0 Å². The SMILES string of the molecule is O=C(Nc1ccc2c(c1)OCCO2)NC1CCN(c2ccccc2C(F)(F)F)C1. The van der Waals surface area contributed by atoms with E-state index in [-0.39, 0.29) is 11.7 Å².